The van der Waals surface area contributed by atoms with Gasteiger partial charge in [0.05, 0.1) is 25.0 Å². The molecule has 4 rings (SSSR count). The number of rotatable bonds is 1. The molecule has 0 fully saturated rings. The van der Waals surface area contributed by atoms with Gasteiger partial charge in [-0.05, 0) is 30.7 Å². The largest absolute Gasteiger partial charge is 0.456 e. The number of carbonyl (C=O) groups excluding carboxylic acids is 1. The zero-order valence-corrected chi connectivity index (χ0v) is 12.1. The van der Waals surface area contributed by atoms with Gasteiger partial charge in [0.15, 0.2) is 5.76 Å². The van der Waals surface area contributed by atoms with E-state index in [9.17, 15) is 4.79 Å². The molecule has 0 saturated carbocycles. The number of hydrogen-bond acceptors (Lipinski definition) is 4. The van der Waals surface area contributed by atoms with E-state index in [1.54, 1.807) is 23.2 Å². The topological polar surface area (TPSA) is 64.2 Å². The molecule has 1 aliphatic heterocycles. The van der Waals surface area contributed by atoms with Gasteiger partial charge in [0, 0.05) is 5.69 Å². The molecule has 110 valence electrons. The molecular formula is C16H14N4O2. The average Bonchev–Trinajstić information content (AvgIpc) is 3.11. The molecule has 0 N–H and O–H groups in total. The SMILES string of the molecule is Cc1ccc(C(=O)N2Cc3cnnn3Cc3ccccc32)o1. The maximum absolute atomic E-state index is 12.8. The number of nitrogens with zero attached hydrogens (tertiary/aromatic N) is 4. The third-order valence-electron chi connectivity index (χ3n) is 3.82. The van der Waals surface area contributed by atoms with Crippen molar-refractivity contribution in [2.24, 2.45) is 0 Å². The Hall–Kier alpha value is -2.89. The first-order valence-corrected chi connectivity index (χ1v) is 7.06. The van der Waals surface area contributed by atoms with Crippen LogP contribution in [0.4, 0.5) is 5.69 Å². The van der Waals surface area contributed by atoms with Gasteiger partial charge in [0.2, 0.25) is 0 Å². The maximum Gasteiger partial charge on any atom is 0.294 e. The Balaban J connectivity index is 1.82. The fourth-order valence-corrected chi connectivity index (χ4v) is 2.71. The van der Waals surface area contributed by atoms with Gasteiger partial charge in [-0.2, -0.15) is 0 Å². The van der Waals surface area contributed by atoms with Crippen molar-refractivity contribution in [3.63, 3.8) is 0 Å². The van der Waals surface area contributed by atoms with Crippen LogP contribution in [0.5, 0.6) is 0 Å². The van der Waals surface area contributed by atoms with Crippen molar-refractivity contribution in [3.05, 3.63) is 65.4 Å². The van der Waals surface area contributed by atoms with E-state index >= 15 is 0 Å². The summed E-state index contributed by atoms with van der Waals surface area (Å²) in [6, 6.07) is 11.3. The number of aromatic nitrogens is 3. The summed E-state index contributed by atoms with van der Waals surface area (Å²) in [7, 11) is 0. The Bertz CT molecular complexity index is 849. The molecule has 0 aliphatic carbocycles. The molecule has 1 amide bonds. The van der Waals surface area contributed by atoms with E-state index in [0.717, 1.165) is 22.7 Å². The molecule has 22 heavy (non-hydrogen) atoms. The molecule has 0 bridgehead atoms. The van der Waals surface area contributed by atoms with E-state index in [4.69, 9.17) is 4.42 Å². The normalized spacial score (nSPS) is 13.4. The zero-order chi connectivity index (χ0) is 15.1. The van der Waals surface area contributed by atoms with Gasteiger partial charge in [-0.25, -0.2) is 4.68 Å². The van der Waals surface area contributed by atoms with Crippen LogP contribution in [0.1, 0.15) is 27.6 Å². The summed E-state index contributed by atoms with van der Waals surface area (Å²) >= 11 is 0. The lowest BCUT2D eigenvalue weighted by atomic mass is 10.1. The van der Waals surface area contributed by atoms with Crippen LogP contribution in [0.2, 0.25) is 0 Å². The minimum atomic E-state index is -0.157. The smallest absolute Gasteiger partial charge is 0.294 e. The molecule has 0 radical (unpaired) electrons. The molecule has 1 aliphatic rings. The lowest BCUT2D eigenvalue weighted by molar-refractivity contribution is 0.0957. The van der Waals surface area contributed by atoms with Gasteiger partial charge in [-0.15, -0.1) is 5.10 Å². The van der Waals surface area contributed by atoms with Crippen molar-refractivity contribution >= 4 is 11.6 Å². The molecule has 3 heterocycles. The second-order valence-electron chi connectivity index (χ2n) is 5.31. The molecule has 3 aromatic rings. The minimum absolute atomic E-state index is 0.157. The quantitative estimate of drug-likeness (QED) is 0.691. The average molecular weight is 294 g/mol. The predicted molar refractivity (Wildman–Crippen MR) is 79.5 cm³/mol. The fourth-order valence-electron chi connectivity index (χ4n) is 2.71. The van der Waals surface area contributed by atoms with Crippen molar-refractivity contribution in [1.82, 2.24) is 15.0 Å². The molecule has 0 spiro atoms. The number of carbonyl (C=O) groups is 1. The van der Waals surface area contributed by atoms with E-state index in [1.165, 1.54) is 0 Å². The van der Waals surface area contributed by atoms with Gasteiger partial charge in [-0.3, -0.25) is 9.69 Å². The molecule has 0 atom stereocenters. The second kappa shape index (κ2) is 4.84. The van der Waals surface area contributed by atoms with Crippen LogP contribution in [-0.2, 0) is 13.1 Å². The van der Waals surface area contributed by atoms with Crippen molar-refractivity contribution in [1.29, 1.82) is 0 Å². The van der Waals surface area contributed by atoms with E-state index in [1.807, 2.05) is 35.9 Å². The van der Waals surface area contributed by atoms with Crippen LogP contribution in [0.15, 0.2) is 47.0 Å². The summed E-state index contributed by atoms with van der Waals surface area (Å²) in [6.45, 7) is 2.85. The summed E-state index contributed by atoms with van der Waals surface area (Å²) in [4.78, 5) is 14.6. The van der Waals surface area contributed by atoms with E-state index < -0.39 is 0 Å². The first-order valence-electron chi connectivity index (χ1n) is 7.06. The highest BCUT2D eigenvalue weighted by molar-refractivity contribution is 6.04. The van der Waals surface area contributed by atoms with Crippen LogP contribution in [0.25, 0.3) is 0 Å². The summed E-state index contributed by atoms with van der Waals surface area (Å²) in [6.07, 6.45) is 1.69. The van der Waals surface area contributed by atoms with Crippen LogP contribution in [-0.4, -0.2) is 20.9 Å². The number of furan rings is 1. The van der Waals surface area contributed by atoms with E-state index in [0.29, 0.717) is 18.8 Å². The van der Waals surface area contributed by atoms with Crippen LogP contribution in [0.3, 0.4) is 0 Å². The number of hydrogen-bond donors (Lipinski definition) is 0. The van der Waals surface area contributed by atoms with Gasteiger partial charge in [0.1, 0.15) is 5.76 Å². The monoisotopic (exact) mass is 294 g/mol. The predicted octanol–water partition coefficient (Wildman–Crippen LogP) is 2.39. The van der Waals surface area contributed by atoms with Gasteiger partial charge in [0.25, 0.3) is 5.91 Å². The highest BCUT2D eigenvalue weighted by Gasteiger charge is 2.27. The summed E-state index contributed by atoms with van der Waals surface area (Å²) in [5, 5.41) is 8.03. The van der Waals surface area contributed by atoms with Crippen molar-refractivity contribution < 1.29 is 9.21 Å². The van der Waals surface area contributed by atoms with Gasteiger partial charge >= 0.3 is 0 Å². The first-order chi connectivity index (χ1) is 10.7. The van der Waals surface area contributed by atoms with Crippen molar-refractivity contribution in [3.8, 4) is 0 Å². The molecule has 6 nitrogen and oxygen atoms in total. The number of benzene rings is 1. The van der Waals surface area contributed by atoms with Crippen LogP contribution < -0.4 is 4.90 Å². The summed E-state index contributed by atoms with van der Waals surface area (Å²) in [5.74, 6) is 0.904. The molecule has 2 aromatic heterocycles. The Morgan fingerprint density at radius 3 is 2.86 bits per heavy atom. The van der Waals surface area contributed by atoms with Gasteiger partial charge in [-0.1, -0.05) is 23.4 Å². The summed E-state index contributed by atoms with van der Waals surface area (Å²) < 4.78 is 7.31. The van der Waals surface area contributed by atoms with Crippen LogP contribution >= 0.6 is 0 Å². The van der Waals surface area contributed by atoms with Gasteiger partial charge < -0.3 is 4.42 Å². The Labute approximate surface area is 127 Å². The number of para-hydroxylation sites is 1. The zero-order valence-electron chi connectivity index (χ0n) is 12.1. The third kappa shape index (κ3) is 2.00. The number of amides is 1. The Morgan fingerprint density at radius 1 is 1.18 bits per heavy atom. The second-order valence-corrected chi connectivity index (χ2v) is 5.31. The standard InChI is InChI=1S/C16H14N4O2/c1-11-6-7-15(22-11)16(21)19-10-13-8-17-18-20(13)9-12-4-2-3-5-14(12)19/h2-8H,9-10H2,1H3. The lowest BCUT2D eigenvalue weighted by Crippen LogP contribution is -2.30. The Morgan fingerprint density at radius 2 is 2.05 bits per heavy atom. The lowest BCUT2D eigenvalue weighted by Gasteiger charge is -2.21. The molecule has 6 heteroatoms. The first kappa shape index (κ1) is 12.8. The molecule has 0 saturated heterocycles. The Kier molecular flexibility index (Phi) is 2.82. The highest BCUT2D eigenvalue weighted by Crippen LogP contribution is 2.28. The molecule has 1 aromatic carbocycles. The summed E-state index contributed by atoms with van der Waals surface area (Å²) in [5.41, 5.74) is 2.81. The molecule has 0 unspecified atom stereocenters. The maximum atomic E-state index is 12.8. The molecular weight excluding hydrogens is 280 g/mol. The van der Waals surface area contributed by atoms with E-state index in [2.05, 4.69) is 10.3 Å². The van der Waals surface area contributed by atoms with Crippen molar-refractivity contribution in [2.45, 2.75) is 20.0 Å². The number of fused-ring (bicyclic) bond motifs is 2. The van der Waals surface area contributed by atoms with Crippen molar-refractivity contribution in [2.75, 3.05) is 4.90 Å². The number of aryl methyl sites for hydroxylation is 1. The fraction of sp³-hybridized carbons (Fsp3) is 0.188. The number of anilines is 1. The van der Waals surface area contributed by atoms with E-state index in [-0.39, 0.29) is 5.91 Å². The highest BCUT2D eigenvalue weighted by atomic mass is 16.3. The minimum Gasteiger partial charge on any atom is -0.456 e. The van der Waals surface area contributed by atoms with Crippen LogP contribution in [0, 0.1) is 6.92 Å². The third-order valence-corrected chi connectivity index (χ3v) is 3.82.